The van der Waals surface area contributed by atoms with E-state index in [1.807, 2.05) is 0 Å². The molecule has 1 saturated carbocycles. The van der Waals surface area contributed by atoms with Crippen LogP contribution in [-0.2, 0) is 0 Å². The van der Waals surface area contributed by atoms with Gasteiger partial charge in [-0.3, -0.25) is 0 Å². The van der Waals surface area contributed by atoms with Gasteiger partial charge in [0, 0.05) is 6.04 Å². The third kappa shape index (κ3) is 6.94. The van der Waals surface area contributed by atoms with E-state index in [-0.39, 0.29) is 0 Å². The Morgan fingerprint density at radius 3 is 1.73 bits per heavy atom. The van der Waals surface area contributed by atoms with Crippen molar-refractivity contribution >= 4 is 0 Å². The highest BCUT2D eigenvalue weighted by Crippen LogP contribution is 2.16. The first-order valence-corrected chi connectivity index (χ1v) is 7.17. The molecule has 90 valence electrons. The van der Waals surface area contributed by atoms with Gasteiger partial charge in [-0.05, 0) is 25.8 Å². The Balaban J connectivity index is 2.19. The average Bonchev–Trinajstić information content (AvgIpc) is 2.31. The van der Waals surface area contributed by atoms with Crippen LogP contribution in [-0.4, -0.2) is 12.6 Å². The molecule has 1 heteroatoms. The standard InChI is InChI=1S/C14H29N/c1-2-13-15-14-11-9-7-5-3-4-6-8-10-12-14/h14-15H,2-13H2,1H3. The molecule has 0 amide bonds. The summed E-state index contributed by atoms with van der Waals surface area (Å²) in [5, 5.41) is 3.71. The second-order valence-corrected chi connectivity index (χ2v) is 5.06. The zero-order valence-electron chi connectivity index (χ0n) is 10.6. The van der Waals surface area contributed by atoms with Crippen molar-refractivity contribution in [1.29, 1.82) is 0 Å². The second-order valence-electron chi connectivity index (χ2n) is 5.06. The van der Waals surface area contributed by atoms with Gasteiger partial charge in [-0.15, -0.1) is 0 Å². The van der Waals surface area contributed by atoms with Crippen LogP contribution in [0.15, 0.2) is 0 Å². The molecule has 0 bridgehead atoms. The molecule has 0 aliphatic heterocycles. The van der Waals surface area contributed by atoms with Gasteiger partial charge in [-0.2, -0.15) is 0 Å². The van der Waals surface area contributed by atoms with E-state index in [1.165, 1.54) is 77.2 Å². The summed E-state index contributed by atoms with van der Waals surface area (Å²) < 4.78 is 0. The third-order valence-corrected chi connectivity index (χ3v) is 3.54. The first kappa shape index (κ1) is 13.0. The number of hydrogen-bond donors (Lipinski definition) is 1. The third-order valence-electron chi connectivity index (χ3n) is 3.54. The highest BCUT2D eigenvalue weighted by atomic mass is 14.9. The molecule has 0 aromatic heterocycles. The molecule has 0 unspecified atom stereocenters. The van der Waals surface area contributed by atoms with Crippen molar-refractivity contribution in [2.24, 2.45) is 0 Å². The molecule has 1 N–H and O–H groups in total. The highest BCUT2D eigenvalue weighted by Gasteiger charge is 2.07. The fraction of sp³-hybridized carbons (Fsp3) is 1.00. The normalized spacial score (nSPS) is 22.2. The number of hydrogen-bond acceptors (Lipinski definition) is 1. The maximum Gasteiger partial charge on any atom is 0.00670 e. The van der Waals surface area contributed by atoms with E-state index in [0.717, 1.165) is 6.04 Å². The van der Waals surface area contributed by atoms with Gasteiger partial charge in [0.15, 0.2) is 0 Å². The Labute approximate surface area is 96.0 Å². The Morgan fingerprint density at radius 1 is 0.800 bits per heavy atom. The van der Waals surface area contributed by atoms with Crippen LogP contribution in [0.5, 0.6) is 0 Å². The van der Waals surface area contributed by atoms with Gasteiger partial charge in [0.25, 0.3) is 0 Å². The Morgan fingerprint density at radius 2 is 1.27 bits per heavy atom. The summed E-state index contributed by atoms with van der Waals surface area (Å²) in [5.41, 5.74) is 0. The summed E-state index contributed by atoms with van der Waals surface area (Å²) in [6, 6.07) is 0.822. The van der Waals surface area contributed by atoms with Crippen molar-refractivity contribution in [3.63, 3.8) is 0 Å². The van der Waals surface area contributed by atoms with Crippen LogP contribution < -0.4 is 5.32 Å². The quantitative estimate of drug-likeness (QED) is 0.735. The van der Waals surface area contributed by atoms with Gasteiger partial charge in [0.05, 0.1) is 0 Å². The summed E-state index contributed by atoms with van der Waals surface area (Å²) in [6.07, 6.45) is 15.8. The lowest BCUT2D eigenvalue weighted by Crippen LogP contribution is -2.29. The monoisotopic (exact) mass is 211 g/mol. The van der Waals surface area contributed by atoms with Crippen molar-refractivity contribution in [2.75, 3.05) is 6.54 Å². The number of nitrogens with one attached hydrogen (secondary N) is 1. The number of rotatable bonds is 3. The second kappa shape index (κ2) is 9.21. The summed E-state index contributed by atoms with van der Waals surface area (Å²) in [7, 11) is 0. The van der Waals surface area contributed by atoms with Crippen LogP contribution >= 0.6 is 0 Å². The minimum atomic E-state index is 0.822. The van der Waals surface area contributed by atoms with Gasteiger partial charge < -0.3 is 5.32 Å². The van der Waals surface area contributed by atoms with E-state index in [2.05, 4.69) is 12.2 Å². The minimum absolute atomic E-state index is 0.822. The van der Waals surface area contributed by atoms with E-state index in [9.17, 15) is 0 Å². The van der Waals surface area contributed by atoms with Gasteiger partial charge in [-0.25, -0.2) is 0 Å². The molecular formula is C14H29N. The van der Waals surface area contributed by atoms with E-state index in [4.69, 9.17) is 0 Å². The Kier molecular flexibility index (Phi) is 7.99. The molecule has 1 fully saturated rings. The molecule has 1 aliphatic carbocycles. The predicted octanol–water partition coefficient (Wildman–Crippen LogP) is 4.27. The first-order valence-electron chi connectivity index (χ1n) is 7.17. The van der Waals surface area contributed by atoms with E-state index in [1.54, 1.807) is 0 Å². The minimum Gasteiger partial charge on any atom is -0.314 e. The smallest absolute Gasteiger partial charge is 0.00670 e. The molecule has 0 heterocycles. The summed E-state index contributed by atoms with van der Waals surface area (Å²) in [6.45, 7) is 3.48. The van der Waals surface area contributed by atoms with Crippen LogP contribution in [0.2, 0.25) is 0 Å². The highest BCUT2D eigenvalue weighted by molar-refractivity contribution is 4.67. The van der Waals surface area contributed by atoms with Crippen molar-refractivity contribution < 1.29 is 0 Å². The van der Waals surface area contributed by atoms with Crippen LogP contribution in [0.25, 0.3) is 0 Å². The molecule has 1 rings (SSSR count). The maximum absolute atomic E-state index is 3.71. The maximum atomic E-state index is 3.71. The van der Waals surface area contributed by atoms with E-state index in [0.29, 0.717) is 0 Å². The van der Waals surface area contributed by atoms with Gasteiger partial charge >= 0.3 is 0 Å². The molecule has 0 aromatic rings. The average molecular weight is 211 g/mol. The summed E-state index contributed by atoms with van der Waals surface area (Å²) >= 11 is 0. The molecule has 0 spiro atoms. The van der Waals surface area contributed by atoms with Gasteiger partial charge in [0.2, 0.25) is 0 Å². The predicted molar refractivity (Wildman–Crippen MR) is 68.3 cm³/mol. The SMILES string of the molecule is CCCNC1CCCCCCCCCC1. The van der Waals surface area contributed by atoms with Crippen molar-refractivity contribution in [3.8, 4) is 0 Å². The Bertz CT molecular complexity index is 121. The topological polar surface area (TPSA) is 12.0 Å². The van der Waals surface area contributed by atoms with Gasteiger partial charge in [0.1, 0.15) is 0 Å². The molecule has 0 radical (unpaired) electrons. The zero-order chi connectivity index (χ0) is 10.8. The molecule has 1 aliphatic rings. The fourth-order valence-electron chi connectivity index (χ4n) is 2.54. The van der Waals surface area contributed by atoms with Crippen molar-refractivity contribution in [1.82, 2.24) is 5.32 Å². The van der Waals surface area contributed by atoms with Crippen LogP contribution in [0.4, 0.5) is 0 Å². The molecular weight excluding hydrogens is 182 g/mol. The van der Waals surface area contributed by atoms with Crippen molar-refractivity contribution in [2.45, 2.75) is 83.6 Å². The molecule has 0 atom stereocenters. The largest absolute Gasteiger partial charge is 0.314 e. The van der Waals surface area contributed by atoms with Gasteiger partial charge in [-0.1, -0.05) is 58.3 Å². The van der Waals surface area contributed by atoms with Crippen molar-refractivity contribution in [3.05, 3.63) is 0 Å². The summed E-state index contributed by atoms with van der Waals surface area (Å²) in [5.74, 6) is 0. The zero-order valence-corrected chi connectivity index (χ0v) is 10.6. The lowest BCUT2D eigenvalue weighted by molar-refractivity contribution is 0.423. The molecule has 0 aromatic carbocycles. The molecule has 1 nitrogen and oxygen atoms in total. The first-order chi connectivity index (χ1) is 7.43. The van der Waals surface area contributed by atoms with Crippen LogP contribution in [0.1, 0.15) is 77.6 Å². The summed E-state index contributed by atoms with van der Waals surface area (Å²) in [4.78, 5) is 0. The van der Waals surface area contributed by atoms with E-state index >= 15 is 0 Å². The molecule has 15 heavy (non-hydrogen) atoms. The fourth-order valence-corrected chi connectivity index (χ4v) is 2.54. The Hall–Kier alpha value is -0.0400. The van der Waals surface area contributed by atoms with E-state index < -0.39 is 0 Å². The molecule has 0 saturated heterocycles. The van der Waals surface area contributed by atoms with Crippen LogP contribution in [0, 0.1) is 0 Å². The van der Waals surface area contributed by atoms with Crippen LogP contribution in [0.3, 0.4) is 0 Å². The lowest BCUT2D eigenvalue weighted by atomic mass is 10.0. The lowest BCUT2D eigenvalue weighted by Gasteiger charge is -2.17.